The lowest BCUT2D eigenvalue weighted by atomic mass is 10.0. The highest BCUT2D eigenvalue weighted by atomic mass is 35.5. The van der Waals surface area contributed by atoms with E-state index in [0.717, 1.165) is 30.7 Å². The SMILES string of the molecule is CCCc1nnc2n1N[C@H](c1ccc(CC)cc1)[C@H](C(=O)Nc1cccc(Cl)c1)S2. The molecule has 0 saturated carbocycles. The van der Waals surface area contributed by atoms with Crippen molar-refractivity contribution in [2.75, 3.05) is 10.7 Å². The molecule has 2 aromatic carbocycles. The van der Waals surface area contributed by atoms with Crippen molar-refractivity contribution < 1.29 is 4.79 Å². The molecule has 2 atom stereocenters. The lowest BCUT2D eigenvalue weighted by Crippen LogP contribution is -2.41. The van der Waals surface area contributed by atoms with Crippen LogP contribution < -0.4 is 10.7 Å². The fourth-order valence-electron chi connectivity index (χ4n) is 3.47. The van der Waals surface area contributed by atoms with Crippen LogP contribution >= 0.6 is 23.4 Å². The molecule has 30 heavy (non-hydrogen) atoms. The predicted molar refractivity (Wildman–Crippen MR) is 122 cm³/mol. The van der Waals surface area contributed by atoms with Gasteiger partial charge in [0.15, 0.2) is 5.82 Å². The summed E-state index contributed by atoms with van der Waals surface area (Å²) in [5.41, 5.74) is 6.48. The Morgan fingerprint density at radius 3 is 2.70 bits per heavy atom. The van der Waals surface area contributed by atoms with E-state index >= 15 is 0 Å². The Hall–Kier alpha value is -2.51. The zero-order valence-corrected chi connectivity index (χ0v) is 18.5. The number of carbonyl (C=O) groups excluding carboxylic acids is 1. The molecule has 0 saturated heterocycles. The lowest BCUT2D eigenvalue weighted by molar-refractivity contribution is -0.116. The molecule has 0 bridgehead atoms. The smallest absolute Gasteiger partial charge is 0.240 e. The zero-order valence-electron chi connectivity index (χ0n) is 16.9. The summed E-state index contributed by atoms with van der Waals surface area (Å²) in [7, 11) is 0. The van der Waals surface area contributed by atoms with Gasteiger partial charge in [0.05, 0.1) is 6.04 Å². The molecule has 4 rings (SSSR count). The lowest BCUT2D eigenvalue weighted by Gasteiger charge is -2.33. The van der Waals surface area contributed by atoms with Gasteiger partial charge in [-0.3, -0.25) is 4.79 Å². The first-order chi connectivity index (χ1) is 14.6. The molecule has 1 aliphatic heterocycles. The van der Waals surface area contributed by atoms with Crippen molar-refractivity contribution in [3.05, 3.63) is 70.5 Å². The number of nitrogens with zero attached hydrogens (tertiary/aromatic N) is 3. The van der Waals surface area contributed by atoms with Crippen LogP contribution in [-0.4, -0.2) is 26.0 Å². The third-order valence-corrected chi connectivity index (χ3v) is 6.53. The minimum absolute atomic E-state index is 0.106. The van der Waals surface area contributed by atoms with Crippen LogP contribution in [0.5, 0.6) is 0 Å². The van der Waals surface area contributed by atoms with E-state index in [0.29, 0.717) is 15.9 Å². The van der Waals surface area contributed by atoms with Crippen LogP contribution in [0.3, 0.4) is 0 Å². The first-order valence-corrected chi connectivity index (χ1v) is 11.4. The molecular weight excluding hydrogens is 418 g/mol. The molecule has 156 valence electrons. The molecule has 1 aromatic heterocycles. The van der Waals surface area contributed by atoms with E-state index in [9.17, 15) is 4.79 Å². The van der Waals surface area contributed by atoms with Crippen molar-refractivity contribution in [2.24, 2.45) is 0 Å². The summed E-state index contributed by atoms with van der Waals surface area (Å²) in [6, 6.07) is 15.4. The summed E-state index contributed by atoms with van der Waals surface area (Å²) < 4.78 is 1.93. The predicted octanol–water partition coefficient (Wildman–Crippen LogP) is 4.84. The molecule has 1 aliphatic rings. The molecule has 2 N–H and O–H groups in total. The van der Waals surface area contributed by atoms with E-state index in [2.05, 4.69) is 59.1 Å². The number of anilines is 1. The molecule has 0 spiro atoms. The number of hydrogen-bond donors (Lipinski definition) is 2. The van der Waals surface area contributed by atoms with Crippen LogP contribution in [0.4, 0.5) is 5.69 Å². The van der Waals surface area contributed by atoms with Gasteiger partial charge in [-0.25, -0.2) is 4.68 Å². The Labute approximate surface area is 185 Å². The second-order valence-electron chi connectivity index (χ2n) is 7.22. The number of carbonyl (C=O) groups is 1. The van der Waals surface area contributed by atoms with Gasteiger partial charge in [-0.05, 0) is 42.2 Å². The van der Waals surface area contributed by atoms with Gasteiger partial charge in [0.1, 0.15) is 5.25 Å². The van der Waals surface area contributed by atoms with Gasteiger partial charge in [-0.1, -0.05) is 67.5 Å². The zero-order chi connectivity index (χ0) is 21.1. The highest BCUT2D eigenvalue weighted by Gasteiger charge is 2.37. The van der Waals surface area contributed by atoms with Crippen LogP contribution in [0.1, 0.15) is 43.3 Å². The molecule has 6 nitrogen and oxygen atoms in total. The number of aryl methyl sites for hydroxylation is 2. The Balaban J connectivity index is 1.66. The second kappa shape index (κ2) is 9.10. The van der Waals surface area contributed by atoms with Crippen molar-refractivity contribution >= 4 is 35.0 Å². The Morgan fingerprint density at radius 2 is 2.00 bits per heavy atom. The Morgan fingerprint density at radius 1 is 1.20 bits per heavy atom. The first-order valence-electron chi connectivity index (χ1n) is 10.1. The van der Waals surface area contributed by atoms with Crippen molar-refractivity contribution in [1.82, 2.24) is 14.9 Å². The molecular formula is C22H24ClN5OS. The Bertz CT molecular complexity index is 1040. The summed E-state index contributed by atoms with van der Waals surface area (Å²) in [4.78, 5) is 13.3. The average molecular weight is 442 g/mol. The van der Waals surface area contributed by atoms with Crippen molar-refractivity contribution in [1.29, 1.82) is 0 Å². The number of amides is 1. The summed E-state index contributed by atoms with van der Waals surface area (Å²) in [6.07, 6.45) is 2.77. The summed E-state index contributed by atoms with van der Waals surface area (Å²) in [6.45, 7) is 4.24. The normalized spacial score (nSPS) is 17.8. The van der Waals surface area contributed by atoms with Gasteiger partial charge in [0.25, 0.3) is 0 Å². The molecule has 2 heterocycles. The van der Waals surface area contributed by atoms with Gasteiger partial charge >= 0.3 is 0 Å². The molecule has 0 fully saturated rings. The van der Waals surface area contributed by atoms with E-state index in [4.69, 9.17) is 11.6 Å². The maximum absolute atomic E-state index is 13.3. The molecule has 0 aliphatic carbocycles. The van der Waals surface area contributed by atoms with Gasteiger partial charge in [0, 0.05) is 17.1 Å². The van der Waals surface area contributed by atoms with Crippen molar-refractivity contribution in [3.8, 4) is 0 Å². The number of halogens is 1. The fraction of sp³-hybridized carbons (Fsp3) is 0.318. The maximum atomic E-state index is 13.3. The first kappa shape index (κ1) is 20.8. The minimum Gasteiger partial charge on any atom is -0.325 e. The topological polar surface area (TPSA) is 71.8 Å². The number of hydrogen-bond acceptors (Lipinski definition) is 5. The second-order valence-corrected chi connectivity index (χ2v) is 8.77. The van der Waals surface area contributed by atoms with Crippen molar-refractivity contribution in [3.63, 3.8) is 0 Å². The third kappa shape index (κ3) is 4.32. The van der Waals surface area contributed by atoms with Crippen molar-refractivity contribution in [2.45, 2.75) is 49.6 Å². The van der Waals surface area contributed by atoms with Crippen LogP contribution in [0, 0.1) is 0 Å². The fourth-order valence-corrected chi connectivity index (χ4v) is 4.76. The largest absolute Gasteiger partial charge is 0.325 e. The number of rotatable bonds is 6. The third-order valence-electron chi connectivity index (χ3n) is 5.07. The summed E-state index contributed by atoms with van der Waals surface area (Å²) >= 11 is 7.51. The van der Waals surface area contributed by atoms with Crippen LogP contribution in [0.15, 0.2) is 53.7 Å². The number of thioether (sulfide) groups is 1. The molecule has 0 unspecified atom stereocenters. The molecule has 0 radical (unpaired) electrons. The molecule has 8 heteroatoms. The monoisotopic (exact) mass is 441 g/mol. The van der Waals surface area contributed by atoms with Gasteiger partial charge in [0.2, 0.25) is 11.1 Å². The molecule has 1 amide bonds. The van der Waals surface area contributed by atoms with E-state index < -0.39 is 5.25 Å². The van der Waals surface area contributed by atoms with E-state index in [1.807, 2.05) is 16.8 Å². The van der Waals surface area contributed by atoms with Gasteiger partial charge in [-0.2, -0.15) is 0 Å². The van der Waals surface area contributed by atoms with Crippen LogP contribution in [-0.2, 0) is 17.6 Å². The molecule has 3 aromatic rings. The van der Waals surface area contributed by atoms with Crippen LogP contribution in [0.2, 0.25) is 5.02 Å². The minimum atomic E-state index is -0.414. The number of aromatic nitrogens is 3. The highest BCUT2D eigenvalue weighted by molar-refractivity contribution is 8.00. The van der Waals surface area contributed by atoms with E-state index in [1.165, 1.54) is 17.3 Å². The van der Waals surface area contributed by atoms with Gasteiger partial charge < -0.3 is 10.7 Å². The van der Waals surface area contributed by atoms with E-state index in [-0.39, 0.29) is 11.9 Å². The van der Waals surface area contributed by atoms with Gasteiger partial charge in [-0.15, -0.1) is 10.2 Å². The summed E-state index contributed by atoms with van der Waals surface area (Å²) in [5.74, 6) is 0.773. The quantitative estimate of drug-likeness (QED) is 0.572. The summed E-state index contributed by atoms with van der Waals surface area (Å²) in [5, 5.41) is 12.5. The number of benzene rings is 2. The maximum Gasteiger partial charge on any atom is 0.240 e. The average Bonchev–Trinajstić information content (AvgIpc) is 3.15. The van der Waals surface area contributed by atoms with Crippen LogP contribution in [0.25, 0.3) is 0 Å². The highest BCUT2D eigenvalue weighted by Crippen LogP contribution is 2.38. The number of nitrogens with one attached hydrogen (secondary N) is 2. The Kier molecular flexibility index (Phi) is 6.29. The standard InChI is InChI=1S/C22H24ClN5OS/c1-3-6-18-25-26-22-28(18)27-19(15-11-9-14(4-2)10-12-15)20(30-22)21(29)24-17-8-5-7-16(23)13-17/h5,7-13,19-20,27H,3-4,6H2,1-2H3,(H,24,29)/t19-,20-/m1/s1. The van der Waals surface area contributed by atoms with E-state index in [1.54, 1.807) is 12.1 Å². The number of fused-ring (bicyclic) bond motifs is 1.